The van der Waals surface area contributed by atoms with Gasteiger partial charge in [0.15, 0.2) is 0 Å². The zero-order valence-electron chi connectivity index (χ0n) is 35.9. The van der Waals surface area contributed by atoms with Crippen molar-refractivity contribution >= 4 is 44.1 Å². The molecule has 1 nitrogen and oxygen atoms in total. The number of benzene rings is 6. The van der Waals surface area contributed by atoms with Crippen LogP contribution in [0.2, 0.25) is 0 Å². The molecule has 3 aliphatic carbocycles. The van der Waals surface area contributed by atoms with Gasteiger partial charge in [-0.3, -0.25) is 0 Å². The van der Waals surface area contributed by atoms with E-state index in [2.05, 4.69) is 211 Å². The highest BCUT2D eigenvalue weighted by Gasteiger charge is 2.40. The first-order valence-corrected chi connectivity index (χ1v) is 21.9. The van der Waals surface area contributed by atoms with Crippen LogP contribution >= 0.6 is 0 Å². The lowest BCUT2D eigenvalue weighted by atomic mass is 9.74. The van der Waals surface area contributed by atoms with Gasteiger partial charge in [-0.25, -0.2) is 0 Å². The molecule has 0 aliphatic heterocycles. The van der Waals surface area contributed by atoms with Crippen LogP contribution in [0.4, 0.5) is 11.4 Å². The van der Waals surface area contributed by atoms with Crippen molar-refractivity contribution in [1.29, 1.82) is 0 Å². The normalized spacial score (nSPS) is 19.9. The van der Waals surface area contributed by atoms with E-state index >= 15 is 0 Å². The van der Waals surface area contributed by atoms with Crippen LogP contribution < -0.4 is 4.90 Å². The second-order valence-corrected chi connectivity index (χ2v) is 17.3. The highest BCUT2D eigenvalue weighted by atomic mass is 15.2. The predicted octanol–water partition coefficient (Wildman–Crippen LogP) is 15.8. The summed E-state index contributed by atoms with van der Waals surface area (Å²) < 4.78 is 0. The van der Waals surface area contributed by atoms with Gasteiger partial charge in [0.2, 0.25) is 0 Å². The Morgan fingerprint density at radius 3 is 1.76 bits per heavy atom. The molecule has 6 aromatic carbocycles. The first-order chi connectivity index (χ1) is 28.7. The average molecular weight is 768 g/mol. The molecule has 0 heterocycles. The molecule has 294 valence electrons. The number of hydrogen-bond acceptors (Lipinski definition) is 1. The van der Waals surface area contributed by atoms with Crippen LogP contribution in [0.5, 0.6) is 0 Å². The fraction of sp³-hybridized carbons (Fsp3) is 0.241. The van der Waals surface area contributed by atoms with E-state index in [9.17, 15) is 0 Å². The summed E-state index contributed by atoms with van der Waals surface area (Å²) in [4.78, 5) is 2.75. The summed E-state index contributed by atoms with van der Waals surface area (Å²) in [5, 5.41) is 5.14. The van der Waals surface area contributed by atoms with Crippen LogP contribution in [0.3, 0.4) is 0 Å². The summed E-state index contributed by atoms with van der Waals surface area (Å²) >= 11 is 0. The highest BCUT2D eigenvalue weighted by molar-refractivity contribution is 5.92. The molecule has 0 amide bonds. The lowest BCUT2D eigenvalue weighted by Crippen LogP contribution is -2.47. The number of fused-ring (bicyclic) bond motifs is 3. The minimum absolute atomic E-state index is 0.306. The molecule has 0 radical (unpaired) electrons. The number of allylic oxidation sites excluding steroid dienone is 10. The van der Waals surface area contributed by atoms with Crippen molar-refractivity contribution in [3.63, 3.8) is 0 Å². The van der Waals surface area contributed by atoms with Crippen molar-refractivity contribution in [3.8, 4) is 11.1 Å². The van der Waals surface area contributed by atoms with Crippen molar-refractivity contribution < 1.29 is 0 Å². The number of nitrogens with zero attached hydrogens (tertiary/aromatic N) is 1. The summed E-state index contributed by atoms with van der Waals surface area (Å²) in [7, 11) is 0. The molecule has 3 unspecified atom stereocenters. The quantitative estimate of drug-likeness (QED) is 0.142. The molecule has 3 aliphatic rings. The molecule has 0 saturated carbocycles. The van der Waals surface area contributed by atoms with Crippen molar-refractivity contribution in [2.24, 2.45) is 11.8 Å². The molecule has 1 heteroatoms. The summed E-state index contributed by atoms with van der Waals surface area (Å²) in [6.45, 7) is 16.5. The van der Waals surface area contributed by atoms with E-state index in [4.69, 9.17) is 0 Å². The van der Waals surface area contributed by atoms with E-state index in [0.717, 1.165) is 25.7 Å². The van der Waals surface area contributed by atoms with Crippen LogP contribution in [0.15, 0.2) is 169 Å². The molecular weight excluding hydrogens is 711 g/mol. The molecule has 0 fully saturated rings. The van der Waals surface area contributed by atoms with E-state index in [1.165, 1.54) is 99.7 Å². The van der Waals surface area contributed by atoms with E-state index in [-0.39, 0.29) is 5.54 Å². The summed E-state index contributed by atoms with van der Waals surface area (Å²) in [5.41, 5.74) is 18.6. The first kappa shape index (κ1) is 38.6. The van der Waals surface area contributed by atoms with Crippen LogP contribution in [-0.2, 0) is 12.8 Å². The second kappa shape index (κ2) is 15.7. The Bertz CT molecular complexity index is 2810. The lowest BCUT2D eigenvalue weighted by molar-refractivity contribution is 0.515. The summed E-state index contributed by atoms with van der Waals surface area (Å²) in [6, 6.07) is 41.4. The molecule has 0 N–H and O–H groups in total. The SMILES string of the molecule is CCC1=C(c2ccc3ccccc3c2)C=C(C)C(C)(N(c2cc(CC)c(C3=CC4C=CC=CC4C=C3)cc2C)c2cc(CC)c(-c3ccc4ccccc4c3)cc2C)C1. The van der Waals surface area contributed by atoms with Gasteiger partial charge in [-0.05, 0) is 173 Å². The minimum Gasteiger partial charge on any atom is -0.331 e. The average Bonchev–Trinajstić information content (AvgIpc) is 3.27. The third kappa shape index (κ3) is 6.95. The van der Waals surface area contributed by atoms with E-state index in [1.807, 2.05) is 0 Å². The van der Waals surface area contributed by atoms with Crippen LogP contribution in [0.1, 0.15) is 80.8 Å². The van der Waals surface area contributed by atoms with Gasteiger partial charge in [0.1, 0.15) is 0 Å². The van der Waals surface area contributed by atoms with Gasteiger partial charge in [0.25, 0.3) is 0 Å². The number of hydrogen-bond donors (Lipinski definition) is 0. The van der Waals surface area contributed by atoms with Gasteiger partial charge in [-0.15, -0.1) is 0 Å². The van der Waals surface area contributed by atoms with Crippen LogP contribution in [0.25, 0.3) is 43.8 Å². The lowest BCUT2D eigenvalue weighted by Gasteiger charge is -2.48. The first-order valence-electron chi connectivity index (χ1n) is 21.9. The van der Waals surface area contributed by atoms with Crippen molar-refractivity contribution in [1.82, 2.24) is 0 Å². The Balaban J connectivity index is 1.21. The Kier molecular flexibility index (Phi) is 10.3. The Labute approximate surface area is 352 Å². The molecule has 59 heavy (non-hydrogen) atoms. The van der Waals surface area contributed by atoms with E-state index in [0.29, 0.717) is 11.8 Å². The third-order valence-electron chi connectivity index (χ3n) is 13.7. The van der Waals surface area contributed by atoms with Crippen LogP contribution in [-0.4, -0.2) is 5.54 Å². The predicted molar refractivity (Wildman–Crippen MR) is 257 cm³/mol. The molecule has 0 spiro atoms. The van der Waals surface area contributed by atoms with Crippen LogP contribution in [0, 0.1) is 25.7 Å². The van der Waals surface area contributed by atoms with Gasteiger partial charge >= 0.3 is 0 Å². The minimum atomic E-state index is -0.306. The topological polar surface area (TPSA) is 3.24 Å². The Morgan fingerprint density at radius 2 is 1.14 bits per heavy atom. The van der Waals surface area contributed by atoms with Gasteiger partial charge in [0.05, 0.1) is 5.54 Å². The fourth-order valence-corrected chi connectivity index (χ4v) is 10.1. The molecule has 0 bridgehead atoms. The molecule has 9 rings (SSSR count). The summed E-state index contributed by atoms with van der Waals surface area (Å²) in [5.74, 6) is 0.849. The zero-order chi connectivity index (χ0) is 40.8. The Morgan fingerprint density at radius 1 is 0.576 bits per heavy atom. The third-order valence-corrected chi connectivity index (χ3v) is 13.7. The number of rotatable bonds is 9. The molecule has 0 saturated heterocycles. The number of aryl methyl sites for hydroxylation is 4. The number of anilines is 2. The maximum absolute atomic E-state index is 2.75. The molecular formula is C58H57N. The van der Waals surface area contributed by atoms with Crippen molar-refractivity contribution in [2.75, 3.05) is 4.90 Å². The maximum atomic E-state index is 2.75. The molecule has 6 aromatic rings. The molecule has 3 atom stereocenters. The standard InChI is InChI=1S/C58H57N/c1-8-41-35-56(38(4)29-53(41)50-26-23-44-17-11-14-20-47(44)32-50)59(57-36-42(9-2)54(30-39(57)5)51-27-24-45-18-12-15-21-48(45)33-51)58(7)37-43(10-3)55(31-40(58)6)52-28-25-46-19-13-16-22-49(46)34-52/h11-36,44,47H,8-10,37H2,1-7H3. The zero-order valence-corrected chi connectivity index (χ0v) is 35.9. The second-order valence-electron chi connectivity index (χ2n) is 17.3. The van der Waals surface area contributed by atoms with Gasteiger partial charge < -0.3 is 4.90 Å². The van der Waals surface area contributed by atoms with Crippen molar-refractivity contribution in [3.05, 3.63) is 202 Å². The van der Waals surface area contributed by atoms with Gasteiger partial charge in [0, 0.05) is 23.2 Å². The van der Waals surface area contributed by atoms with Gasteiger partial charge in [-0.1, -0.05) is 148 Å². The Hall–Kier alpha value is -5.92. The summed E-state index contributed by atoms with van der Waals surface area (Å²) in [6.07, 6.45) is 22.7. The monoisotopic (exact) mass is 767 g/mol. The van der Waals surface area contributed by atoms with E-state index < -0.39 is 0 Å². The van der Waals surface area contributed by atoms with Gasteiger partial charge in [-0.2, -0.15) is 0 Å². The fourth-order valence-electron chi connectivity index (χ4n) is 10.1. The smallest absolute Gasteiger partial charge is 0.0672 e. The maximum Gasteiger partial charge on any atom is 0.0672 e. The highest BCUT2D eigenvalue weighted by Crippen LogP contribution is 2.50. The van der Waals surface area contributed by atoms with Crippen molar-refractivity contribution in [2.45, 2.75) is 79.7 Å². The van der Waals surface area contributed by atoms with E-state index in [1.54, 1.807) is 0 Å². The molecule has 0 aromatic heterocycles. The largest absolute Gasteiger partial charge is 0.331 e.